The molecule has 3 heterocycles. The fourth-order valence-electron chi connectivity index (χ4n) is 10.5. The molecule has 69 heavy (non-hydrogen) atoms. The van der Waals surface area contributed by atoms with E-state index in [9.17, 15) is 39.3 Å². The van der Waals surface area contributed by atoms with Crippen molar-refractivity contribution in [3.05, 3.63) is 47.6 Å². The lowest BCUT2D eigenvalue weighted by atomic mass is 9.78. The van der Waals surface area contributed by atoms with Crippen molar-refractivity contribution < 1.29 is 67.7 Å². The van der Waals surface area contributed by atoms with Gasteiger partial charge in [0.05, 0.1) is 37.6 Å². The van der Waals surface area contributed by atoms with Crippen LogP contribution in [-0.4, -0.2) is 145 Å². The number of amides is 1. The van der Waals surface area contributed by atoms with Crippen molar-refractivity contribution in [2.75, 3.05) is 41.1 Å². The number of Topliss-reactive ketones (excluding diaryl/α,β-unsaturated/α-hetero) is 3. The van der Waals surface area contributed by atoms with Crippen LogP contribution >= 0.6 is 0 Å². The number of cyclic esters (lactones) is 1. The molecule has 3 fully saturated rings. The molecule has 2 saturated heterocycles. The summed E-state index contributed by atoms with van der Waals surface area (Å²) in [6, 6.07) is -1.15. The van der Waals surface area contributed by atoms with Crippen molar-refractivity contribution >= 4 is 29.2 Å². The van der Waals surface area contributed by atoms with Gasteiger partial charge in [-0.25, -0.2) is 4.79 Å². The van der Waals surface area contributed by atoms with Crippen molar-refractivity contribution in [3.63, 3.8) is 0 Å². The van der Waals surface area contributed by atoms with E-state index in [2.05, 4.69) is 13.0 Å². The number of allylic oxidation sites excluding steroid dienone is 6. The van der Waals surface area contributed by atoms with Gasteiger partial charge < -0.3 is 48.6 Å². The Morgan fingerprint density at radius 1 is 0.841 bits per heavy atom. The van der Waals surface area contributed by atoms with Crippen LogP contribution in [0, 0.1) is 35.5 Å². The number of piperidine rings is 1. The molecule has 4 aliphatic rings. The first-order valence-corrected chi connectivity index (χ1v) is 25.5. The molecular weight excluding hydrogens is 887 g/mol. The number of rotatable bonds is 9. The van der Waals surface area contributed by atoms with Crippen molar-refractivity contribution in [2.45, 2.75) is 186 Å². The molecule has 1 unspecified atom stereocenters. The van der Waals surface area contributed by atoms with Crippen LogP contribution in [0.3, 0.4) is 0 Å². The number of methoxy groups -OCH3 is 3. The molecule has 3 N–H and O–H groups in total. The Labute approximate surface area is 411 Å². The summed E-state index contributed by atoms with van der Waals surface area (Å²) in [5.74, 6) is -7.75. The highest BCUT2D eigenvalue weighted by molar-refractivity contribution is 6.39. The number of nitrogens with zero attached hydrogens (tertiary/aromatic N) is 1. The Hall–Kier alpha value is -3.41. The lowest BCUT2D eigenvalue weighted by Gasteiger charge is -2.42. The van der Waals surface area contributed by atoms with Crippen LogP contribution < -0.4 is 0 Å². The number of aliphatic hydroxyl groups excluding tert-OH is 2. The summed E-state index contributed by atoms with van der Waals surface area (Å²) in [5, 5.41) is 32.8. The SMILES string of the molecule is CO[C@H]1C[C@@H]2CC[C@@H](C)[C@@](O)(O2)C(=O)C(=O)N2CCCCC2C(=O)O[C@H]([C@@H](C)C[C@@H]2CC[C@@H](OCCO)[C@H](OC)C2)CC(=O)[C@H](C)/C=C(\C)[C@@H](O)[C@@H](OC)C(=O)[C@H](C)CC[C@H](C)/C=C/C=C/C=C/1C. The van der Waals surface area contributed by atoms with E-state index in [4.69, 9.17) is 28.4 Å². The van der Waals surface area contributed by atoms with Crippen molar-refractivity contribution in [3.8, 4) is 0 Å². The van der Waals surface area contributed by atoms with Crippen molar-refractivity contribution in [2.24, 2.45) is 35.5 Å². The van der Waals surface area contributed by atoms with Gasteiger partial charge in [-0.15, -0.1) is 0 Å². The fourth-order valence-corrected chi connectivity index (χ4v) is 10.5. The smallest absolute Gasteiger partial charge is 0.329 e. The average Bonchev–Trinajstić information content (AvgIpc) is 3.34. The topological polar surface area (TPSA) is 205 Å². The third-order valence-corrected chi connectivity index (χ3v) is 15.2. The van der Waals surface area contributed by atoms with Gasteiger partial charge in [-0.1, -0.05) is 71.1 Å². The van der Waals surface area contributed by atoms with E-state index in [1.54, 1.807) is 41.1 Å². The Kier molecular flexibility index (Phi) is 23.6. The van der Waals surface area contributed by atoms with Gasteiger partial charge in [0.25, 0.3) is 11.7 Å². The van der Waals surface area contributed by atoms with Gasteiger partial charge >= 0.3 is 5.97 Å². The predicted octanol–water partition coefficient (Wildman–Crippen LogP) is 6.59. The minimum Gasteiger partial charge on any atom is -0.460 e. The van der Waals surface area contributed by atoms with E-state index in [0.717, 1.165) is 18.4 Å². The van der Waals surface area contributed by atoms with Gasteiger partial charge in [0.2, 0.25) is 5.79 Å². The molecule has 2 bridgehead atoms. The van der Waals surface area contributed by atoms with E-state index in [0.29, 0.717) is 63.4 Å². The normalized spacial score (nSPS) is 38.9. The van der Waals surface area contributed by atoms with E-state index in [1.807, 2.05) is 45.1 Å². The van der Waals surface area contributed by atoms with Gasteiger partial charge in [-0.2, -0.15) is 0 Å². The van der Waals surface area contributed by atoms with Gasteiger partial charge in [0, 0.05) is 58.5 Å². The molecule has 390 valence electrons. The standard InChI is InChI=1S/C54H85NO14/c1-33-16-12-11-13-17-34(2)45(64-8)31-41-23-21-39(7)54(63,69-41)51(60)52(61)55-25-15-14-18-42(55)53(62)68-46(37(5)29-40-22-24-44(67-27-26-56)47(30-40)65-9)32-43(57)36(4)28-38(6)49(59)50(66-10)48(58)35(3)20-19-33/h11-13,16-17,28,33,35-37,39-42,44-47,49-50,56,59,63H,14-15,18-27,29-32H2,1-10H3/b13-11+,16-12+,34-17+,38-28+/t33-,35-,36-,37+,39-,40+,41+,42?,44-,45+,46+,47-,49-,50+,54-/m1/s1. The van der Waals surface area contributed by atoms with Gasteiger partial charge in [-0.05, 0) is 113 Å². The number of fused-ring (bicyclic) bond motifs is 3. The minimum atomic E-state index is -2.43. The molecule has 4 rings (SSSR count). The zero-order valence-electron chi connectivity index (χ0n) is 43.1. The van der Waals surface area contributed by atoms with Crippen molar-refractivity contribution in [1.29, 1.82) is 0 Å². The largest absolute Gasteiger partial charge is 0.460 e. The lowest BCUT2D eigenvalue weighted by Crippen LogP contribution is -2.61. The Morgan fingerprint density at radius 2 is 1.58 bits per heavy atom. The first-order valence-electron chi connectivity index (χ1n) is 25.5. The number of hydrogen-bond acceptors (Lipinski definition) is 14. The first-order chi connectivity index (χ1) is 32.8. The molecule has 0 spiro atoms. The Balaban J connectivity index is 1.69. The summed E-state index contributed by atoms with van der Waals surface area (Å²) in [6.07, 6.45) is 13.0. The number of esters is 1. The molecule has 15 nitrogen and oxygen atoms in total. The molecule has 0 aromatic rings. The summed E-state index contributed by atoms with van der Waals surface area (Å²) in [5.41, 5.74) is 1.29. The maximum atomic E-state index is 14.5. The van der Waals surface area contributed by atoms with Gasteiger partial charge in [0.15, 0.2) is 5.78 Å². The maximum absolute atomic E-state index is 14.5. The zero-order chi connectivity index (χ0) is 51.0. The minimum absolute atomic E-state index is 0.0852. The zero-order valence-corrected chi connectivity index (χ0v) is 43.1. The molecular formula is C54H85NO14. The number of hydrogen-bond donors (Lipinski definition) is 3. The molecule has 0 aromatic heterocycles. The predicted molar refractivity (Wildman–Crippen MR) is 261 cm³/mol. The molecule has 15 heteroatoms. The van der Waals surface area contributed by atoms with Crippen LogP contribution in [0.1, 0.15) is 132 Å². The van der Waals surface area contributed by atoms with Crippen LogP contribution in [0.5, 0.6) is 0 Å². The van der Waals surface area contributed by atoms with E-state index >= 15 is 0 Å². The highest BCUT2D eigenvalue weighted by atomic mass is 16.6. The second-order valence-corrected chi connectivity index (χ2v) is 20.5. The number of ether oxygens (including phenoxy) is 6. The number of aliphatic hydroxyl groups is 3. The quantitative estimate of drug-likeness (QED) is 0.127. The Bertz CT molecular complexity index is 1830. The number of carbonyl (C=O) groups excluding carboxylic acids is 5. The van der Waals surface area contributed by atoms with Crippen LogP contribution in [0.15, 0.2) is 47.6 Å². The third-order valence-electron chi connectivity index (χ3n) is 15.2. The molecule has 0 aromatic carbocycles. The van der Waals surface area contributed by atoms with Gasteiger partial charge in [0.1, 0.15) is 30.1 Å². The average molecular weight is 972 g/mol. The lowest BCUT2D eigenvalue weighted by molar-refractivity contribution is -0.265. The molecule has 1 amide bonds. The van der Waals surface area contributed by atoms with Gasteiger partial charge in [-0.3, -0.25) is 19.2 Å². The van der Waals surface area contributed by atoms with Crippen LogP contribution in [0.4, 0.5) is 0 Å². The highest BCUT2D eigenvalue weighted by Crippen LogP contribution is 2.38. The van der Waals surface area contributed by atoms with Crippen LogP contribution in [0.2, 0.25) is 0 Å². The first kappa shape index (κ1) is 58.2. The van der Waals surface area contributed by atoms with E-state index in [1.165, 1.54) is 12.0 Å². The summed E-state index contributed by atoms with van der Waals surface area (Å²) in [6.45, 7) is 13.0. The maximum Gasteiger partial charge on any atom is 0.329 e. The molecule has 15 atom stereocenters. The number of carbonyl (C=O) groups is 5. The van der Waals surface area contributed by atoms with Crippen molar-refractivity contribution in [1.82, 2.24) is 4.90 Å². The summed E-state index contributed by atoms with van der Waals surface area (Å²) >= 11 is 0. The Morgan fingerprint density at radius 3 is 2.26 bits per heavy atom. The molecule has 1 aliphatic carbocycles. The summed E-state index contributed by atoms with van der Waals surface area (Å²) < 4.78 is 35.6. The third kappa shape index (κ3) is 16.0. The fraction of sp³-hybridized carbons (Fsp3) is 0.759. The summed E-state index contributed by atoms with van der Waals surface area (Å²) in [7, 11) is 4.60. The molecule has 3 aliphatic heterocycles. The highest BCUT2D eigenvalue weighted by Gasteiger charge is 2.53. The van der Waals surface area contributed by atoms with Crippen LogP contribution in [0.25, 0.3) is 0 Å². The molecule has 0 radical (unpaired) electrons. The molecule has 1 saturated carbocycles. The second kappa shape index (κ2) is 28.0. The monoisotopic (exact) mass is 972 g/mol. The second-order valence-electron chi connectivity index (χ2n) is 20.5. The number of ketones is 3. The van der Waals surface area contributed by atoms with Crippen LogP contribution in [-0.2, 0) is 52.4 Å². The van der Waals surface area contributed by atoms with E-state index < -0.39 is 77.8 Å². The van der Waals surface area contributed by atoms with E-state index in [-0.39, 0.29) is 74.1 Å². The summed E-state index contributed by atoms with van der Waals surface area (Å²) in [4.78, 5) is 72.2.